The molecule has 2 aromatic carbocycles. The van der Waals surface area contributed by atoms with Gasteiger partial charge in [-0.15, -0.1) is 11.6 Å². The monoisotopic (exact) mass is 391 g/mol. The van der Waals surface area contributed by atoms with Gasteiger partial charge < -0.3 is 4.90 Å². The molecule has 0 aliphatic carbocycles. The second kappa shape index (κ2) is 6.85. The summed E-state index contributed by atoms with van der Waals surface area (Å²) in [6.45, 7) is 0.555. The second-order valence-corrected chi connectivity index (χ2v) is 6.81. The Bertz CT molecular complexity index is 748. The number of hydrogen-bond acceptors (Lipinski definition) is 2. The van der Waals surface area contributed by atoms with Crippen molar-refractivity contribution in [2.24, 2.45) is 5.92 Å². The molecule has 1 amide bonds. The molecule has 118 valence electrons. The van der Waals surface area contributed by atoms with Crippen LogP contribution in [0.3, 0.4) is 0 Å². The minimum Gasteiger partial charge on any atom is -0.311 e. The number of ketones is 1. The lowest BCUT2D eigenvalue weighted by molar-refractivity contribution is -0.117. The van der Waals surface area contributed by atoms with E-state index in [0.717, 1.165) is 4.47 Å². The predicted molar refractivity (Wildman–Crippen MR) is 95.2 cm³/mol. The summed E-state index contributed by atoms with van der Waals surface area (Å²) in [5.41, 5.74) is 1.78. The topological polar surface area (TPSA) is 37.4 Å². The summed E-state index contributed by atoms with van der Waals surface area (Å²) < 4.78 is 0.807. The number of carbonyl (C=O) groups excluding carboxylic acids is 2. The van der Waals surface area contributed by atoms with Gasteiger partial charge in [0.05, 0.1) is 5.69 Å². The molecule has 1 saturated heterocycles. The average Bonchev–Trinajstić information content (AvgIpc) is 2.96. The van der Waals surface area contributed by atoms with Crippen LogP contribution in [-0.2, 0) is 4.79 Å². The van der Waals surface area contributed by atoms with E-state index in [2.05, 4.69) is 15.9 Å². The first kappa shape index (κ1) is 16.2. The number of alkyl halides is 1. The van der Waals surface area contributed by atoms with E-state index in [1.165, 1.54) is 0 Å². The van der Waals surface area contributed by atoms with Crippen molar-refractivity contribution < 1.29 is 9.59 Å². The lowest BCUT2D eigenvalue weighted by Gasteiger charge is -2.20. The Kier molecular flexibility index (Phi) is 4.83. The minimum absolute atomic E-state index is 0.0140. The molecule has 1 aliphatic heterocycles. The third-order valence-corrected chi connectivity index (χ3v) is 4.88. The van der Waals surface area contributed by atoms with Gasteiger partial charge in [0, 0.05) is 34.4 Å². The summed E-state index contributed by atoms with van der Waals surface area (Å²) in [5, 5.41) is 0. The smallest absolute Gasteiger partial charge is 0.227 e. The second-order valence-electron chi connectivity index (χ2n) is 5.59. The van der Waals surface area contributed by atoms with E-state index in [1.54, 1.807) is 23.1 Å². The predicted octanol–water partition coefficient (Wildman–Crippen LogP) is 4.27. The minimum atomic E-state index is -0.0935. The molecular weight excluding hydrogens is 378 g/mol. The third-order valence-electron chi connectivity index (χ3n) is 3.95. The number of halogens is 2. The van der Waals surface area contributed by atoms with Crippen LogP contribution >= 0.6 is 27.5 Å². The number of anilines is 1. The molecule has 1 unspecified atom stereocenters. The van der Waals surface area contributed by atoms with Crippen LogP contribution in [0.5, 0.6) is 0 Å². The Morgan fingerprint density at radius 1 is 1.22 bits per heavy atom. The molecule has 5 heteroatoms. The molecule has 0 bridgehead atoms. The maximum atomic E-state index is 12.8. The van der Waals surface area contributed by atoms with Gasteiger partial charge in [-0.1, -0.05) is 46.3 Å². The van der Waals surface area contributed by atoms with E-state index < -0.39 is 0 Å². The SMILES string of the molecule is O=C(c1ccccc1)c1cc(Br)ccc1N1CC(CCl)CC1=O. The summed E-state index contributed by atoms with van der Waals surface area (Å²) in [5.74, 6) is 0.498. The molecular formula is C18H15BrClNO2. The molecule has 1 aliphatic rings. The van der Waals surface area contributed by atoms with Crippen LogP contribution in [0.1, 0.15) is 22.3 Å². The fourth-order valence-corrected chi connectivity index (χ4v) is 3.36. The summed E-state index contributed by atoms with van der Waals surface area (Å²) in [6, 6.07) is 14.5. The first-order valence-corrected chi connectivity index (χ1v) is 8.68. The van der Waals surface area contributed by atoms with Crippen molar-refractivity contribution in [3.8, 4) is 0 Å². The van der Waals surface area contributed by atoms with E-state index >= 15 is 0 Å². The number of benzene rings is 2. The van der Waals surface area contributed by atoms with Gasteiger partial charge in [-0.25, -0.2) is 0 Å². The highest BCUT2D eigenvalue weighted by atomic mass is 79.9. The van der Waals surface area contributed by atoms with Gasteiger partial charge in [0.25, 0.3) is 0 Å². The molecule has 3 rings (SSSR count). The summed E-state index contributed by atoms with van der Waals surface area (Å²) in [4.78, 5) is 26.8. The lowest BCUT2D eigenvalue weighted by Crippen LogP contribution is -2.26. The van der Waals surface area contributed by atoms with Crippen molar-refractivity contribution in [1.82, 2.24) is 0 Å². The van der Waals surface area contributed by atoms with Crippen LogP contribution in [0.15, 0.2) is 53.0 Å². The quantitative estimate of drug-likeness (QED) is 0.575. The van der Waals surface area contributed by atoms with Crippen molar-refractivity contribution in [1.29, 1.82) is 0 Å². The van der Waals surface area contributed by atoms with E-state index in [9.17, 15) is 9.59 Å². The largest absolute Gasteiger partial charge is 0.311 e. The molecule has 0 saturated carbocycles. The summed E-state index contributed by atoms with van der Waals surface area (Å²) in [6.07, 6.45) is 0.429. The van der Waals surface area contributed by atoms with Gasteiger partial charge in [-0.05, 0) is 24.1 Å². The van der Waals surface area contributed by atoms with Crippen LogP contribution < -0.4 is 4.90 Å². The molecule has 1 atom stereocenters. The van der Waals surface area contributed by atoms with E-state index in [-0.39, 0.29) is 17.6 Å². The zero-order valence-corrected chi connectivity index (χ0v) is 14.7. The van der Waals surface area contributed by atoms with Crippen LogP contribution in [0.25, 0.3) is 0 Å². The normalized spacial score (nSPS) is 17.6. The number of carbonyl (C=O) groups is 2. The Hall–Kier alpha value is -1.65. The Labute approximate surface area is 148 Å². The van der Waals surface area contributed by atoms with Crippen molar-refractivity contribution in [3.63, 3.8) is 0 Å². The molecule has 0 N–H and O–H groups in total. The zero-order chi connectivity index (χ0) is 16.4. The first-order valence-electron chi connectivity index (χ1n) is 7.35. The zero-order valence-electron chi connectivity index (χ0n) is 12.3. The lowest BCUT2D eigenvalue weighted by atomic mass is 10.0. The van der Waals surface area contributed by atoms with Crippen molar-refractivity contribution in [3.05, 3.63) is 64.1 Å². The molecule has 3 nitrogen and oxygen atoms in total. The Morgan fingerprint density at radius 3 is 2.61 bits per heavy atom. The van der Waals surface area contributed by atoms with Gasteiger partial charge in [-0.2, -0.15) is 0 Å². The van der Waals surface area contributed by atoms with Crippen molar-refractivity contribution in [2.75, 3.05) is 17.3 Å². The molecule has 1 heterocycles. The van der Waals surface area contributed by atoms with Gasteiger partial charge in [0.1, 0.15) is 0 Å². The summed E-state index contributed by atoms with van der Waals surface area (Å²) in [7, 11) is 0. The van der Waals surface area contributed by atoms with Crippen molar-refractivity contribution in [2.45, 2.75) is 6.42 Å². The number of amides is 1. The molecule has 23 heavy (non-hydrogen) atoms. The average molecular weight is 393 g/mol. The van der Waals surface area contributed by atoms with Gasteiger partial charge >= 0.3 is 0 Å². The summed E-state index contributed by atoms with van der Waals surface area (Å²) >= 11 is 9.31. The Balaban J connectivity index is 2.02. The molecule has 1 fully saturated rings. The van der Waals surface area contributed by atoms with Gasteiger partial charge in [0.15, 0.2) is 5.78 Å². The number of nitrogens with zero attached hydrogens (tertiary/aromatic N) is 1. The van der Waals surface area contributed by atoms with Crippen LogP contribution in [0.4, 0.5) is 5.69 Å². The standard InChI is InChI=1S/C18H15BrClNO2/c19-14-6-7-16(21-11-12(10-20)8-17(21)22)15(9-14)18(23)13-4-2-1-3-5-13/h1-7,9,12H,8,10-11H2. The molecule has 2 aromatic rings. The maximum Gasteiger partial charge on any atom is 0.227 e. The third kappa shape index (κ3) is 3.33. The number of rotatable bonds is 4. The fourth-order valence-electron chi connectivity index (χ4n) is 2.79. The highest BCUT2D eigenvalue weighted by molar-refractivity contribution is 9.10. The fraction of sp³-hybridized carbons (Fsp3) is 0.222. The molecule has 0 spiro atoms. The number of hydrogen-bond donors (Lipinski definition) is 0. The van der Waals surface area contributed by atoms with Crippen molar-refractivity contribution >= 4 is 44.9 Å². The van der Waals surface area contributed by atoms with Crippen LogP contribution in [-0.4, -0.2) is 24.1 Å². The Morgan fingerprint density at radius 2 is 1.96 bits per heavy atom. The highest BCUT2D eigenvalue weighted by Gasteiger charge is 2.32. The van der Waals surface area contributed by atoms with Gasteiger partial charge in [0.2, 0.25) is 5.91 Å². The van der Waals surface area contributed by atoms with Crippen LogP contribution in [0.2, 0.25) is 0 Å². The maximum absolute atomic E-state index is 12.8. The first-order chi connectivity index (χ1) is 11.1. The van der Waals surface area contributed by atoms with E-state index in [0.29, 0.717) is 35.7 Å². The molecule has 0 radical (unpaired) electrons. The van der Waals surface area contributed by atoms with Crippen LogP contribution in [0, 0.1) is 5.92 Å². The van der Waals surface area contributed by atoms with E-state index in [1.807, 2.05) is 30.3 Å². The van der Waals surface area contributed by atoms with Gasteiger partial charge in [-0.3, -0.25) is 9.59 Å². The highest BCUT2D eigenvalue weighted by Crippen LogP contribution is 2.32. The van der Waals surface area contributed by atoms with E-state index in [4.69, 9.17) is 11.6 Å². The molecule has 0 aromatic heterocycles.